The molecule has 0 spiro atoms. The number of aliphatic hydroxyl groups excluding tert-OH is 1. The lowest BCUT2D eigenvalue weighted by molar-refractivity contribution is 0.0861. The van der Waals surface area contributed by atoms with Crippen LogP contribution in [0.1, 0.15) is 19.8 Å². The Morgan fingerprint density at radius 2 is 2.29 bits per heavy atom. The van der Waals surface area contributed by atoms with Crippen molar-refractivity contribution in [2.75, 3.05) is 6.61 Å². The van der Waals surface area contributed by atoms with E-state index >= 15 is 0 Å². The van der Waals surface area contributed by atoms with E-state index < -0.39 is 6.10 Å². The van der Waals surface area contributed by atoms with Crippen molar-refractivity contribution in [1.82, 2.24) is 4.98 Å². The minimum Gasteiger partial charge on any atom is -0.490 e. The summed E-state index contributed by atoms with van der Waals surface area (Å²) in [5, 5.41) is 11.3. The highest BCUT2D eigenvalue weighted by Crippen LogP contribution is 2.28. The number of allylic oxidation sites excluding steroid dienone is 1. The predicted molar refractivity (Wildman–Crippen MR) is 85.1 cm³/mol. The van der Waals surface area contributed by atoms with Gasteiger partial charge in [-0.25, -0.2) is 0 Å². The lowest BCUT2D eigenvalue weighted by Crippen LogP contribution is -2.31. The molecule has 21 heavy (non-hydrogen) atoms. The third kappa shape index (κ3) is 2.85. The van der Waals surface area contributed by atoms with Gasteiger partial charge < -0.3 is 14.8 Å². The molecule has 0 radical (unpaired) electrons. The molecule has 3 rings (SSSR count). The molecular weight excluding hydrogens is 264 g/mol. The summed E-state index contributed by atoms with van der Waals surface area (Å²) in [4.78, 5) is 7.62. The standard InChI is InChI=1S/C17H20N2O2/c1-2-17(8-4-9-19-17)11-13(20)12-21-16-6-3-5-15-14(16)7-10-18-15/h3-10,13,18,20H,2,11-12H2,1H3. The van der Waals surface area contributed by atoms with Crippen LogP contribution in [-0.2, 0) is 0 Å². The van der Waals surface area contributed by atoms with E-state index in [2.05, 4.69) is 23.0 Å². The van der Waals surface area contributed by atoms with Crippen LogP contribution in [0.3, 0.4) is 0 Å². The van der Waals surface area contributed by atoms with E-state index in [1.165, 1.54) is 0 Å². The van der Waals surface area contributed by atoms with Gasteiger partial charge in [-0.2, -0.15) is 0 Å². The first kappa shape index (κ1) is 13.9. The Bertz CT molecular complexity index is 660. The number of benzene rings is 1. The van der Waals surface area contributed by atoms with Gasteiger partial charge in [0.15, 0.2) is 0 Å². The zero-order valence-corrected chi connectivity index (χ0v) is 12.1. The lowest BCUT2D eigenvalue weighted by atomic mass is 9.91. The van der Waals surface area contributed by atoms with E-state index in [1.807, 2.05) is 36.5 Å². The van der Waals surface area contributed by atoms with Crippen LogP contribution < -0.4 is 4.74 Å². The molecule has 2 N–H and O–H groups in total. The Morgan fingerprint density at radius 1 is 1.38 bits per heavy atom. The van der Waals surface area contributed by atoms with Gasteiger partial charge in [0, 0.05) is 29.7 Å². The first-order chi connectivity index (χ1) is 10.2. The van der Waals surface area contributed by atoms with Crippen LogP contribution in [0, 0.1) is 0 Å². The lowest BCUT2D eigenvalue weighted by Gasteiger charge is -2.25. The van der Waals surface area contributed by atoms with Gasteiger partial charge >= 0.3 is 0 Å². The number of ether oxygens (including phenoxy) is 1. The molecule has 0 saturated heterocycles. The molecule has 0 fully saturated rings. The SMILES string of the molecule is CCC1(CC(O)COc2cccc3[nH]ccc23)C=CC=N1. The maximum atomic E-state index is 10.2. The van der Waals surface area contributed by atoms with E-state index in [9.17, 15) is 5.11 Å². The third-order valence-corrected chi connectivity index (χ3v) is 4.01. The molecule has 2 heterocycles. The van der Waals surface area contributed by atoms with Gasteiger partial charge in [-0.05, 0) is 30.7 Å². The molecule has 1 aliphatic rings. The Balaban J connectivity index is 1.63. The first-order valence-electron chi connectivity index (χ1n) is 7.32. The highest BCUT2D eigenvalue weighted by atomic mass is 16.5. The van der Waals surface area contributed by atoms with Crippen molar-refractivity contribution < 1.29 is 9.84 Å². The van der Waals surface area contributed by atoms with Crippen molar-refractivity contribution in [3.63, 3.8) is 0 Å². The number of nitrogens with one attached hydrogen (secondary N) is 1. The van der Waals surface area contributed by atoms with Gasteiger partial charge in [0.25, 0.3) is 0 Å². The Morgan fingerprint density at radius 3 is 3.05 bits per heavy atom. The van der Waals surface area contributed by atoms with Crippen LogP contribution in [-0.4, -0.2) is 34.6 Å². The number of H-pyrrole nitrogens is 1. The molecule has 110 valence electrons. The van der Waals surface area contributed by atoms with Gasteiger partial charge in [-0.15, -0.1) is 0 Å². The number of hydrogen-bond acceptors (Lipinski definition) is 3. The molecule has 2 atom stereocenters. The van der Waals surface area contributed by atoms with Crippen LogP contribution in [0.15, 0.2) is 47.6 Å². The van der Waals surface area contributed by atoms with E-state index in [0.29, 0.717) is 6.42 Å². The third-order valence-electron chi connectivity index (χ3n) is 4.01. The van der Waals surface area contributed by atoms with Crippen molar-refractivity contribution in [3.05, 3.63) is 42.6 Å². The summed E-state index contributed by atoms with van der Waals surface area (Å²) in [6.07, 6.45) is 8.61. The Kier molecular flexibility index (Phi) is 3.80. The van der Waals surface area contributed by atoms with Gasteiger partial charge in [-0.1, -0.05) is 19.1 Å². The van der Waals surface area contributed by atoms with Crippen molar-refractivity contribution in [2.24, 2.45) is 4.99 Å². The maximum absolute atomic E-state index is 10.2. The summed E-state index contributed by atoms with van der Waals surface area (Å²) >= 11 is 0. The fourth-order valence-corrected chi connectivity index (χ4v) is 2.77. The van der Waals surface area contributed by atoms with Crippen LogP contribution in [0.5, 0.6) is 5.75 Å². The fraction of sp³-hybridized carbons (Fsp3) is 0.353. The Labute approximate surface area is 124 Å². The van der Waals surface area contributed by atoms with Gasteiger partial charge in [0.1, 0.15) is 12.4 Å². The molecule has 1 aromatic carbocycles. The van der Waals surface area contributed by atoms with Crippen LogP contribution in [0.4, 0.5) is 0 Å². The molecule has 0 saturated carbocycles. The summed E-state index contributed by atoms with van der Waals surface area (Å²) in [7, 11) is 0. The highest BCUT2D eigenvalue weighted by Gasteiger charge is 2.29. The van der Waals surface area contributed by atoms with Crippen LogP contribution in [0.25, 0.3) is 10.9 Å². The summed E-state index contributed by atoms with van der Waals surface area (Å²) in [5.41, 5.74) is 0.776. The van der Waals surface area contributed by atoms with Gasteiger partial charge in [0.05, 0.1) is 11.6 Å². The molecule has 0 amide bonds. The highest BCUT2D eigenvalue weighted by molar-refractivity contribution is 5.85. The molecule has 1 aromatic heterocycles. The zero-order chi connectivity index (χ0) is 14.7. The second-order valence-corrected chi connectivity index (χ2v) is 5.46. The fourth-order valence-electron chi connectivity index (χ4n) is 2.77. The number of nitrogens with zero attached hydrogens (tertiary/aromatic N) is 1. The summed E-state index contributed by atoms with van der Waals surface area (Å²) < 4.78 is 5.79. The number of aliphatic hydroxyl groups is 1. The summed E-state index contributed by atoms with van der Waals surface area (Å²) in [5.74, 6) is 0.795. The number of aromatic amines is 1. The summed E-state index contributed by atoms with van der Waals surface area (Å²) in [6.45, 7) is 2.36. The van der Waals surface area contributed by atoms with Crippen LogP contribution >= 0.6 is 0 Å². The molecular formula is C17H20N2O2. The minimum atomic E-state index is -0.543. The maximum Gasteiger partial charge on any atom is 0.128 e. The van der Waals surface area contributed by atoms with E-state index in [0.717, 1.165) is 23.1 Å². The van der Waals surface area contributed by atoms with Gasteiger partial charge in [0.2, 0.25) is 0 Å². The number of rotatable bonds is 6. The second-order valence-electron chi connectivity index (χ2n) is 5.46. The molecule has 2 unspecified atom stereocenters. The van der Waals surface area contributed by atoms with E-state index in [4.69, 9.17) is 4.74 Å². The molecule has 4 heteroatoms. The largest absolute Gasteiger partial charge is 0.490 e. The quantitative estimate of drug-likeness (QED) is 0.856. The molecule has 4 nitrogen and oxygen atoms in total. The van der Waals surface area contributed by atoms with Crippen molar-refractivity contribution in [1.29, 1.82) is 0 Å². The van der Waals surface area contributed by atoms with E-state index in [-0.39, 0.29) is 12.1 Å². The zero-order valence-electron chi connectivity index (χ0n) is 12.1. The van der Waals surface area contributed by atoms with E-state index in [1.54, 1.807) is 6.21 Å². The average Bonchev–Trinajstić information content (AvgIpc) is 3.14. The predicted octanol–water partition coefficient (Wildman–Crippen LogP) is 3.09. The first-order valence-corrected chi connectivity index (χ1v) is 7.32. The van der Waals surface area contributed by atoms with Crippen molar-refractivity contribution in [3.8, 4) is 5.75 Å². The minimum absolute atomic E-state index is 0.261. The number of aliphatic imine (C=N–C) groups is 1. The smallest absolute Gasteiger partial charge is 0.128 e. The molecule has 2 aromatic rings. The summed E-state index contributed by atoms with van der Waals surface area (Å²) in [6, 6.07) is 7.85. The second kappa shape index (κ2) is 5.74. The topological polar surface area (TPSA) is 57.6 Å². The Hall–Kier alpha value is -2.07. The molecule has 1 aliphatic heterocycles. The number of hydrogen-bond donors (Lipinski definition) is 2. The number of aromatic nitrogens is 1. The van der Waals surface area contributed by atoms with Crippen molar-refractivity contribution in [2.45, 2.75) is 31.4 Å². The monoisotopic (exact) mass is 284 g/mol. The molecule has 0 aliphatic carbocycles. The molecule has 0 bridgehead atoms. The average molecular weight is 284 g/mol. The van der Waals surface area contributed by atoms with Gasteiger partial charge in [-0.3, -0.25) is 4.99 Å². The normalized spacial score (nSPS) is 22.0. The van der Waals surface area contributed by atoms with Crippen molar-refractivity contribution >= 4 is 17.1 Å². The number of fused-ring (bicyclic) bond motifs is 1. The van der Waals surface area contributed by atoms with Crippen LogP contribution in [0.2, 0.25) is 0 Å².